The number of rotatable bonds is 6. The lowest BCUT2D eigenvalue weighted by atomic mass is 10.3. The van der Waals surface area contributed by atoms with Gasteiger partial charge in [0.15, 0.2) is 0 Å². The Balaban J connectivity index is 1.27. The highest BCUT2D eigenvalue weighted by molar-refractivity contribution is 8.00. The van der Waals surface area contributed by atoms with Gasteiger partial charge in [0, 0.05) is 0 Å². The summed E-state index contributed by atoms with van der Waals surface area (Å²) in [5.74, 6) is 0.223. The number of halogens is 2. The maximum atomic E-state index is 12.1. The first-order valence-corrected chi connectivity index (χ1v) is 10.4. The Morgan fingerprint density at radius 1 is 0.828 bits per heavy atom. The second-order valence-electron chi connectivity index (χ2n) is 6.03. The van der Waals surface area contributed by atoms with Crippen LogP contribution in [0.15, 0.2) is 36.4 Å². The van der Waals surface area contributed by atoms with Crippen molar-refractivity contribution in [2.45, 2.75) is 0 Å². The molecule has 2 aromatic carbocycles. The summed E-state index contributed by atoms with van der Waals surface area (Å²) in [7, 11) is 0. The smallest absolute Gasteiger partial charge is 0.236 e. The molecule has 0 spiro atoms. The van der Waals surface area contributed by atoms with Gasteiger partial charge in [-0.3, -0.25) is 20.2 Å². The molecule has 0 aliphatic rings. The molecule has 0 saturated heterocycles. The van der Waals surface area contributed by atoms with E-state index in [1.165, 1.54) is 11.8 Å². The molecule has 0 aliphatic heterocycles. The van der Waals surface area contributed by atoms with E-state index in [1.807, 2.05) is 12.1 Å². The van der Waals surface area contributed by atoms with Crippen molar-refractivity contribution >= 4 is 80.7 Å². The number of fused-ring (bicyclic) bond motifs is 2. The molecule has 2 aromatic heterocycles. The van der Waals surface area contributed by atoms with Crippen molar-refractivity contribution in [3.8, 4) is 0 Å². The van der Waals surface area contributed by atoms with Crippen LogP contribution in [-0.4, -0.2) is 43.3 Å². The summed E-state index contributed by atoms with van der Waals surface area (Å²) < 4.78 is 0. The van der Waals surface area contributed by atoms with E-state index in [2.05, 4.69) is 30.6 Å². The van der Waals surface area contributed by atoms with Crippen molar-refractivity contribution in [1.82, 2.24) is 19.9 Å². The van der Waals surface area contributed by atoms with Crippen LogP contribution in [0.3, 0.4) is 0 Å². The van der Waals surface area contributed by atoms with Crippen molar-refractivity contribution in [1.29, 1.82) is 0 Å². The minimum atomic E-state index is -0.284. The fraction of sp³-hybridized carbons (Fsp3) is 0.111. The van der Waals surface area contributed by atoms with Crippen molar-refractivity contribution in [3.63, 3.8) is 0 Å². The summed E-state index contributed by atoms with van der Waals surface area (Å²) >= 11 is 13.3. The van der Waals surface area contributed by atoms with E-state index in [9.17, 15) is 9.59 Å². The Morgan fingerprint density at radius 2 is 1.28 bits per heavy atom. The van der Waals surface area contributed by atoms with Crippen molar-refractivity contribution in [2.75, 3.05) is 22.1 Å². The lowest BCUT2D eigenvalue weighted by Crippen LogP contribution is -2.19. The predicted molar refractivity (Wildman–Crippen MR) is 117 cm³/mol. The van der Waals surface area contributed by atoms with Gasteiger partial charge in [-0.25, -0.2) is 9.97 Å². The second-order valence-corrected chi connectivity index (χ2v) is 7.83. The monoisotopic (exact) mass is 448 g/mol. The van der Waals surface area contributed by atoms with Crippen LogP contribution < -0.4 is 10.6 Å². The van der Waals surface area contributed by atoms with E-state index in [4.69, 9.17) is 23.2 Å². The van der Waals surface area contributed by atoms with Gasteiger partial charge in [0.25, 0.3) is 0 Å². The molecule has 0 fully saturated rings. The highest BCUT2D eigenvalue weighted by atomic mass is 35.5. The molecule has 0 atom stereocenters. The number of carbonyl (C=O) groups is 2. The molecule has 4 rings (SSSR count). The zero-order valence-electron chi connectivity index (χ0n) is 14.8. The number of benzene rings is 2. The molecule has 11 heteroatoms. The number of hydrogen-bond donors (Lipinski definition) is 4. The van der Waals surface area contributed by atoms with E-state index in [0.717, 1.165) is 11.0 Å². The van der Waals surface area contributed by atoms with Crippen molar-refractivity contribution in [3.05, 3.63) is 46.4 Å². The van der Waals surface area contributed by atoms with Crippen molar-refractivity contribution < 1.29 is 9.59 Å². The third kappa shape index (κ3) is 4.47. The first-order chi connectivity index (χ1) is 14.0. The molecule has 2 heterocycles. The normalized spacial score (nSPS) is 11.1. The van der Waals surface area contributed by atoms with E-state index in [1.54, 1.807) is 24.3 Å². The number of aromatic amines is 2. The highest BCUT2D eigenvalue weighted by Gasteiger charge is 2.12. The maximum Gasteiger partial charge on any atom is 0.236 e. The molecule has 2 amide bonds. The SMILES string of the molecule is O=C(CSCC(=O)Nc1nc2c(Cl)cccc2[nH]1)Nc1nc2c(Cl)cccc2[nH]1. The minimum absolute atomic E-state index is 0.0875. The number of nitrogens with zero attached hydrogens (tertiary/aromatic N) is 2. The second kappa shape index (κ2) is 8.32. The van der Waals surface area contributed by atoms with Gasteiger partial charge >= 0.3 is 0 Å². The number of nitrogens with one attached hydrogen (secondary N) is 4. The fourth-order valence-electron chi connectivity index (χ4n) is 2.69. The van der Waals surface area contributed by atoms with E-state index < -0.39 is 0 Å². The fourth-order valence-corrected chi connectivity index (χ4v) is 3.74. The van der Waals surface area contributed by atoms with Crippen LogP contribution in [0.1, 0.15) is 0 Å². The van der Waals surface area contributed by atoms with Crippen LogP contribution in [-0.2, 0) is 9.59 Å². The van der Waals surface area contributed by atoms with Gasteiger partial charge in [0.1, 0.15) is 11.0 Å². The number of thioether (sulfide) groups is 1. The maximum absolute atomic E-state index is 12.1. The summed E-state index contributed by atoms with van der Waals surface area (Å²) in [6.07, 6.45) is 0. The van der Waals surface area contributed by atoms with Gasteiger partial charge in [0.05, 0.1) is 32.6 Å². The van der Waals surface area contributed by atoms with Gasteiger partial charge in [-0.1, -0.05) is 35.3 Å². The average Bonchev–Trinajstić information content (AvgIpc) is 3.26. The number of carbonyl (C=O) groups excluding carboxylic acids is 2. The molecule has 29 heavy (non-hydrogen) atoms. The van der Waals surface area contributed by atoms with Gasteiger partial charge in [-0.05, 0) is 24.3 Å². The molecular weight excluding hydrogens is 435 g/mol. The summed E-state index contributed by atoms with van der Waals surface area (Å²) in [6.45, 7) is 0. The third-order valence-electron chi connectivity index (χ3n) is 3.91. The van der Waals surface area contributed by atoms with Gasteiger partial charge in [-0.15, -0.1) is 11.8 Å². The number of anilines is 2. The Hall–Kier alpha value is -2.75. The zero-order chi connectivity index (χ0) is 20.4. The Kier molecular flexibility index (Phi) is 5.61. The zero-order valence-corrected chi connectivity index (χ0v) is 17.1. The van der Waals surface area contributed by atoms with Crippen LogP contribution >= 0.6 is 35.0 Å². The molecule has 0 aliphatic carbocycles. The standard InChI is InChI=1S/C18H14Cl2N6O2S/c19-9-3-1-5-11-15(9)25-17(21-11)23-13(27)7-29-8-14(28)24-18-22-12-6-2-4-10(20)16(12)26-18/h1-6H,7-8H2,(H2,21,23,25,27)(H2,22,24,26,28). The predicted octanol–water partition coefficient (Wildman–Crippen LogP) is 4.06. The number of amides is 2. The van der Waals surface area contributed by atoms with Gasteiger partial charge < -0.3 is 9.97 Å². The number of para-hydroxylation sites is 2. The Bertz CT molecular complexity index is 1130. The van der Waals surface area contributed by atoms with E-state index in [-0.39, 0.29) is 23.3 Å². The first kappa shape index (κ1) is 19.6. The molecule has 0 saturated carbocycles. The number of imidazole rings is 2. The number of aromatic nitrogens is 4. The molecule has 4 N–H and O–H groups in total. The van der Waals surface area contributed by atoms with Crippen LogP contribution in [0.5, 0.6) is 0 Å². The van der Waals surface area contributed by atoms with Crippen LogP contribution in [0.2, 0.25) is 10.0 Å². The minimum Gasteiger partial charge on any atom is -0.324 e. The van der Waals surface area contributed by atoms with Gasteiger partial charge in [-0.2, -0.15) is 0 Å². The molecule has 0 bridgehead atoms. The molecule has 8 nitrogen and oxygen atoms in total. The molecule has 0 radical (unpaired) electrons. The lowest BCUT2D eigenvalue weighted by Gasteiger charge is -2.03. The Morgan fingerprint density at radius 3 is 1.69 bits per heavy atom. The summed E-state index contributed by atoms with van der Waals surface area (Å²) in [5, 5.41) is 6.31. The number of H-pyrrole nitrogens is 2. The third-order valence-corrected chi connectivity index (χ3v) is 5.45. The molecule has 0 unspecified atom stereocenters. The van der Waals surface area contributed by atoms with E-state index >= 15 is 0 Å². The molecule has 148 valence electrons. The average molecular weight is 449 g/mol. The molecule has 4 aromatic rings. The van der Waals surface area contributed by atoms with Crippen LogP contribution in [0, 0.1) is 0 Å². The van der Waals surface area contributed by atoms with Gasteiger partial charge in [0.2, 0.25) is 23.7 Å². The van der Waals surface area contributed by atoms with Crippen LogP contribution in [0.4, 0.5) is 11.9 Å². The number of hydrogen-bond acceptors (Lipinski definition) is 5. The lowest BCUT2D eigenvalue weighted by molar-refractivity contribution is -0.114. The first-order valence-electron chi connectivity index (χ1n) is 8.45. The van der Waals surface area contributed by atoms with Crippen LogP contribution in [0.25, 0.3) is 22.1 Å². The molecular formula is C18H14Cl2N6O2S. The summed E-state index contributed by atoms with van der Waals surface area (Å²) in [5.41, 5.74) is 2.63. The van der Waals surface area contributed by atoms with E-state index in [0.29, 0.717) is 33.0 Å². The van der Waals surface area contributed by atoms with Crippen molar-refractivity contribution in [2.24, 2.45) is 0 Å². The largest absolute Gasteiger partial charge is 0.324 e. The Labute approximate surface area is 178 Å². The highest BCUT2D eigenvalue weighted by Crippen LogP contribution is 2.23. The summed E-state index contributed by atoms with van der Waals surface area (Å²) in [4.78, 5) is 38.6. The summed E-state index contributed by atoms with van der Waals surface area (Å²) in [6, 6.07) is 10.7. The quantitative estimate of drug-likeness (QED) is 0.355. The topological polar surface area (TPSA) is 116 Å².